The quantitative estimate of drug-likeness (QED) is 0.603. The first-order valence-corrected chi connectivity index (χ1v) is 11.7. The van der Waals surface area contributed by atoms with Gasteiger partial charge in [-0.1, -0.05) is 36.4 Å². The van der Waals surface area contributed by atoms with Crippen molar-refractivity contribution in [3.8, 4) is 11.4 Å². The molecule has 0 bridgehead atoms. The van der Waals surface area contributed by atoms with E-state index in [1.165, 1.54) is 12.3 Å². The second-order valence-electron chi connectivity index (χ2n) is 8.10. The third-order valence-electron chi connectivity index (χ3n) is 5.61. The lowest BCUT2D eigenvalue weighted by Gasteiger charge is -2.35. The van der Waals surface area contributed by atoms with E-state index >= 15 is 0 Å². The molecule has 31 heavy (non-hydrogen) atoms. The smallest absolute Gasteiger partial charge is 0.206 e. The van der Waals surface area contributed by atoms with Crippen LogP contribution in [0.3, 0.4) is 0 Å². The summed E-state index contributed by atoms with van der Waals surface area (Å²) in [5.41, 5.74) is 1.26. The lowest BCUT2D eigenvalue weighted by molar-refractivity contribution is 0.0985. The molecule has 0 N–H and O–H groups in total. The first kappa shape index (κ1) is 21.4. The van der Waals surface area contributed by atoms with E-state index in [1.807, 2.05) is 30.3 Å². The van der Waals surface area contributed by atoms with Crippen molar-refractivity contribution in [2.24, 2.45) is 0 Å². The monoisotopic (exact) mass is 438 g/mol. The number of hydrogen-bond acceptors (Lipinski definition) is 7. The zero-order valence-corrected chi connectivity index (χ0v) is 18.7. The lowest BCUT2D eigenvalue weighted by atomic mass is 10.1. The number of anilines is 1. The number of morpholine rings is 1. The topological polar surface area (TPSA) is 85.3 Å². The molecule has 0 amide bonds. The SMILES string of the molecule is C[C@H]1COCCN1c1cc(C(C)(C)S(=O)(=O)c2ccccn2)nc(-c2ccccc2)n1. The zero-order chi connectivity index (χ0) is 22.1. The Morgan fingerprint density at radius 3 is 2.48 bits per heavy atom. The minimum Gasteiger partial charge on any atom is -0.377 e. The standard InChI is InChI=1S/C23H26N4O3S/c1-17-16-30-14-13-27(17)20-15-19(25-22(26-20)18-9-5-4-6-10-18)23(2,3)31(28,29)21-11-7-8-12-24-21/h4-12,15,17H,13-14,16H2,1-3H3/t17-/m0/s1. The number of nitrogens with zero attached hydrogens (tertiary/aromatic N) is 4. The van der Waals surface area contributed by atoms with Crippen LogP contribution < -0.4 is 4.90 Å². The van der Waals surface area contributed by atoms with E-state index in [4.69, 9.17) is 14.7 Å². The van der Waals surface area contributed by atoms with E-state index in [0.717, 1.165) is 5.56 Å². The first-order chi connectivity index (χ1) is 14.8. The van der Waals surface area contributed by atoms with E-state index < -0.39 is 14.6 Å². The van der Waals surface area contributed by atoms with Gasteiger partial charge in [-0.2, -0.15) is 0 Å². The number of sulfone groups is 1. The van der Waals surface area contributed by atoms with Gasteiger partial charge in [0.05, 0.1) is 24.9 Å². The highest BCUT2D eigenvalue weighted by Crippen LogP contribution is 2.36. The fourth-order valence-electron chi connectivity index (χ4n) is 3.58. The van der Waals surface area contributed by atoms with Crippen molar-refractivity contribution in [3.05, 3.63) is 66.5 Å². The van der Waals surface area contributed by atoms with Crippen LogP contribution in [0.1, 0.15) is 26.5 Å². The summed E-state index contributed by atoms with van der Waals surface area (Å²) in [4.78, 5) is 15.7. The molecule has 162 valence electrons. The normalized spacial score (nSPS) is 17.5. The van der Waals surface area contributed by atoms with Crippen molar-refractivity contribution < 1.29 is 13.2 Å². The van der Waals surface area contributed by atoms with Crippen LogP contribution in [-0.2, 0) is 19.3 Å². The van der Waals surface area contributed by atoms with Crippen molar-refractivity contribution in [3.63, 3.8) is 0 Å². The number of benzene rings is 1. The van der Waals surface area contributed by atoms with Gasteiger partial charge in [-0.25, -0.2) is 23.4 Å². The predicted molar refractivity (Wildman–Crippen MR) is 120 cm³/mol. The molecule has 0 radical (unpaired) electrons. The van der Waals surface area contributed by atoms with Gasteiger partial charge < -0.3 is 9.64 Å². The summed E-state index contributed by atoms with van der Waals surface area (Å²) in [6.45, 7) is 7.27. The molecule has 1 aliphatic rings. The number of hydrogen-bond donors (Lipinski definition) is 0. The molecule has 0 saturated carbocycles. The molecule has 0 spiro atoms. The predicted octanol–water partition coefficient (Wildman–Crippen LogP) is 3.47. The number of pyridine rings is 1. The Kier molecular flexibility index (Phi) is 5.77. The van der Waals surface area contributed by atoms with Gasteiger partial charge in [0, 0.05) is 24.4 Å². The highest BCUT2D eigenvalue weighted by molar-refractivity contribution is 7.92. The van der Waals surface area contributed by atoms with Crippen molar-refractivity contribution in [2.75, 3.05) is 24.7 Å². The average Bonchev–Trinajstić information content (AvgIpc) is 2.80. The number of aromatic nitrogens is 3. The van der Waals surface area contributed by atoms with E-state index in [9.17, 15) is 8.42 Å². The van der Waals surface area contributed by atoms with Crippen LogP contribution in [0.15, 0.2) is 65.8 Å². The summed E-state index contributed by atoms with van der Waals surface area (Å²) >= 11 is 0. The van der Waals surface area contributed by atoms with Gasteiger partial charge in [0.25, 0.3) is 0 Å². The Bertz CT molecular complexity index is 1150. The molecule has 7 nitrogen and oxygen atoms in total. The van der Waals surface area contributed by atoms with Crippen LogP contribution in [0.2, 0.25) is 0 Å². The minimum absolute atomic E-state index is 0.0289. The van der Waals surface area contributed by atoms with E-state index in [0.29, 0.717) is 37.1 Å². The average molecular weight is 439 g/mol. The number of rotatable bonds is 5. The van der Waals surface area contributed by atoms with E-state index in [1.54, 1.807) is 32.0 Å². The Morgan fingerprint density at radius 1 is 1.06 bits per heavy atom. The van der Waals surface area contributed by atoms with Gasteiger partial charge in [0.2, 0.25) is 9.84 Å². The van der Waals surface area contributed by atoms with Gasteiger partial charge in [0.1, 0.15) is 10.6 Å². The van der Waals surface area contributed by atoms with Crippen molar-refractivity contribution >= 4 is 15.7 Å². The summed E-state index contributed by atoms with van der Waals surface area (Å²) in [7, 11) is -3.80. The largest absolute Gasteiger partial charge is 0.377 e. The fourth-order valence-corrected chi connectivity index (χ4v) is 4.94. The second-order valence-corrected chi connectivity index (χ2v) is 10.5. The van der Waals surface area contributed by atoms with Crippen molar-refractivity contribution in [2.45, 2.75) is 36.6 Å². The zero-order valence-electron chi connectivity index (χ0n) is 17.9. The lowest BCUT2D eigenvalue weighted by Crippen LogP contribution is -2.44. The summed E-state index contributed by atoms with van der Waals surface area (Å²) in [5, 5.41) is 0.0289. The summed E-state index contributed by atoms with van der Waals surface area (Å²) in [6, 6.07) is 16.4. The summed E-state index contributed by atoms with van der Waals surface area (Å²) in [5.74, 6) is 1.19. The molecule has 1 aromatic carbocycles. The maximum Gasteiger partial charge on any atom is 0.206 e. The summed E-state index contributed by atoms with van der Waals surface area (Å²) in [6.07, 6.45) is 1.49. The van der Waals surface area contributed by atoms with Crippen LogP contribution in [-0.4, -0.2) is 49.2 Å². The second kappa shape index (κ2) is 8.36. The fraction of sp³-hybridized carbons (Fsp3) is 0.348. The van der Waals surface area contributed by atoms with Crippen LogP contribution in [0.5, 0.6) is 0 Å². The van der Waals surface area contributed by atoms with Crippen LogP contribution in [0, 0.1) is 0 Å². The molecular formula is C23H26N4O3S. The van der Waals surface area contributed by atoms with Crippen LogP contribution >= 0.6 is 0 Å². The van der Waals surface area contributed by atoms with Crippen molar-refractivity contribution in [1.82, 2.24) is 15.0 Å². The molecule has 3 heterocycles. The van der Waals surface area contributed by atoms with Crippen molar-refractivity contribution in [1.29, 1.82) is 0 Å². The highest BCUT2D eigenvalue weighted by atomic mass is 32.2. The molecule has 3 aromatic rings. The molecule has 4 rings (SSSR count). The molecule has 1 saturated heterocycles. The number of ether oxygens (including phenoxy) is 1. The molecule has 0 unspecified atom stereocenters. The maximum absolute atomic E-state index is 13.5. The van der Waals surface area contributed by atoms with Gasteiger partial charge in [-0.05, 0) is 32.9 Å². The molecule has 1 aliphatic heterocycles. The molecular weight excluding hydrogens is 412 g/mol. The van der Waals surface area contributed by atoms with E-state index in [2.05, 4.69) is 16.8 Å². The van der Waals surface area contributed by atoms with Gasteiger partial charge in [-0.15, -0.1) is 0 Å². The maximum atomic E-state index is 13.5. The molecule has 1 fully saturated rings. The molecule has 8 heteroatoms. The Hall–Kier alpha value is -2.84. The first-order valence-electron chi connectivity index (χ1n) is 10.3. The van der Waals surface area contributed by atoms with Crippen LogP contribution in [0.4, 0.5) is 5.82 Å². The van der Waals surface area contributed by atoms with E-state index in [-0.39, 0.29) is 11.1 Å². The summed E-state index contributed by atoms with van der Waals surface area (Å²) < 4.78 is 31.3. The van der Waals surface area contributed by atoms with Crippen LogP contribution in [0.25, 0.3) is 11.4 Å². The Balaban J connectivity index is 1.87. The molecule has 1 atom stereocenters. The highest BCUT2D eigenvalue weighted by Gasteiger charge is 2.41. The third-order valence-corrected chi connectivity index (χ3v) is 7.95. The molecule has 2 aromatic heterocycles. The van der Waals surface area contributed by atoms with Gasteiger partial charge >= 0.3 is 0 Å². The van der Waals surface area contributed by atoms with Gasteiger partial charge in [-0.3, -0.25) is 0 Å². The Morgan fingerprint density at radius 2 is 1.81 bits per heavy atom. The minimum atomic E-state index is -3.80. The third kappa shape index (κ3) is 4.05. The van der Waals surface area contributed by atoms with Gasteiger partial charge in [0.15, 0.2) is 10.9 Å². The Labute approximate surface area is 183 Å². The molecule has 0 aliphatic carbocycles.